The SMILES string of the molecule is O=C(Cc1ccc(Cl)cc1)N/N=C\c1ccc(Br)cc1. The summed E-state index contributed by atoms with van der Waals surface area (Å²) in [4.78, 5) is 11.7. The molecule has 5 heteroatoms. The third kappa shape index (κ3) is 4.79. The van der Waals surface area contributed by atoms with Gasteiger partial charge >= 0.3 is 0 Å². The van der Waals surface area contributed by atoms with Gasteiger partial charge in [-0.3, -0.25) is 4.79 Å². The minimum Gasteiger partial charge on any atom is -0.273 e. The number of nitrogens with zero attached hydrogens (tertiary/aromatic N) is 1. The molecule has 2 aromatic carbocycles. The molecule has 0 aromatic heterocycles. The number of hydrogen-bond acceptors (Lipinski definition) is 2. The molecule has 0 saturated heterocycles. The van der Waals surface area contributed by atoms with Gasteiger partial charge in [-0.15, -0.1) is 0 Å². The second-order valence-corrected chi connectivity index (χ2v) is 5.50. The van der Waals surface area contributed by atoms with Crippen LogP contribution in [-0.2, 0) is 11.2 Å². The third-order valence-electron chi connectivity index (χ3n) is 2.55. The molecule has 1 N–H and O–H groups in total. The number of halogens is 2. The van der Waals surface area contributed by atoms with E-state index in [1.807, 2.05) is 36.4 Å². The summed E-state index contributed by atoms with van der Waals surface area (Å²) in [5.74, 6) is -0.166. The lowest BCUT2D eigenvalue weighted by atomic mass is 10.1. The van der Waals surface area contributed by atoms with Crippen LogP contribution in [0.2, 0.25) is 5.02 Å². The second-order valence-electron chi connectivity index (χ2n) is 4.15. The van der Waals surface area contributed by atoms with Gasteiger partial charge in [-0.25, -0.2) is 5.43 Å². The monoisotopic (exact) mass is 350 g/mol. The van der Waals surface area contributed by atoms with Crippen molar-refractivity contribution in [1.82, 2.24) is 5.43 Å². The van der Waals surface area contributed by atoms with Crippen LogP contribution in [0.1, 0.15) is 11.1 Å². The molecular weight excluding hydrogens is 340 g/mol. The Balaban J connectivity index is 1.85. The van der Waals surface area contributed by atoms with Crippen molar-refractivity contribution < 1.29 is 4.79 Å². The molecule has 0 spiro atoms. The highest BCUT2D eigenvalue weighted by molar-refractivity contribution is 9.10. The van der Waals surface area contributed by atoms with Crippen molar-refractivity contribution in [1.29, 1.82) is 0 Å². The standard InChI is InChI=1S/C15H12BrClN2O/c16-13-5-1-12(2-6-13)10-18-19-15(20)9-11-3-7-14(17)8-4-11/h1-8,10H,9H2,(H,19,20)/b18-10-. The largest absolute Gasteiger partial charge is 0.273 e. The smallest absolute Gasteiger partial charge is 0.244 e. The maximum absolute atomic E-state index is 11.7. The molecule has 0 atom stereocenters. The van der Waals surface area contributed by atoms with Crippen LogP contribution >= 0.6 is 27.5 Å². The van der Waals surface area contributed by atoms with Gasteiger partial charge in [-0.2, -0.15) is 5.10 Å². The summed E-state index contributed by atoms with van der Waals surface area (Å²) in [6, 6.07) is 14.8. The number of carbonyl (C=O) groups is 1. The van der Waals surface area contributed by atoms with Crippen molar-refractivity contribution in [2.75, 3.05) is 0 Å². The number of hydrogen-bond donors (Lipinski definition) is 1. The van der Waals surface area contributed by atoms with E-state index >= 15 is 0 Å². The van der Waals surface area contributed by atoms with E-state index in [1.165, 1.54) is 0 Å². The molecule has 2 rings (SSSR count). The van der Waals surface area contributed by atoms with Crippen LogP contribution in [0, 0.1) is 0 Å². The molecule has 0 radical (unpaired) electrons. The predicted molar refractivity (Wildman–Crippen MR) is 85.0 cm³/mol. The molecule has 3 nitrogen and oxygen atoms in total. The molecule has 0 unspecified atom stereocenters. The molecule has 0 fully saturated rings. The molecular formula is C15H12BrClN2O. The van der Waals surface area contributed by atoms with E-state index in [1.54, 1.807) is 18.3 Å². The topological polar surface area (TPSA) is 41.5 Å². The zero-order valence-corrected chi connectivity index (χ0v) is 12.9. The molecule has 2 aromatic rings. The molecule has 0 aliphatic heterocycles. The van der Waals surface area contributed by atoms with Gasteiger partial charge in [-0.1, -0.05) is 51.8 Å². The summed E-state index contributed by atoms with van der Waals surface area (Å²) in [5, 5.41) is 4.57. The lowest BCUT2D eigenvalue weighted by Gasteiger charge is -2.00. The van der Waals surface area contributed by atoms with Gasteiger partial charge in [0.15, 0.2) is 0 Å². The van der Waals surface area contributed by atoms with Gasteiger partial charge in [0, 0.05) is 9.50 Å². The lowest BCUT2D eigenvalue weighted by molar-refractivity contribution is -0.120. The average molecular weight is 352 g/mol. The molecule has 0 heterocycles. The van der Waals surface area contributed by atoms with Gasteiger partial charge in [0.2, 0.25) is 5.91 Å². The molecule has 0 aliphatic carbocycles. The van der Waals surface area contributed by atoms with Crippen molar-refractivity contribution in [2.45, 2.75) is 6.42 Å². The molecule has 0 saturated carbocycles. The first-order chi connectivity index (χ1) is 9.63. The van der Waals surface area contributed by atoms with E-state index in [-0.39, 0.29) is 12.3 Å². The zero-order valence-electron chi connectivity index (χ0n) is 10.5. The molecule has 0 bridgehead atoms. The first-order valence-electron chi connectivity index (χ1n) is 5.95. The fourth-order valence-electron chi connectivity index (χ4n) is 1.55. The van der Waals surface area contributed by atoms with E-state index < -0.39 is 0 Å². The van der Waals surface area contributed by atoms with Gasteiger partial charge in [0.05, 0.1) is 12.6 Å². The van der Waals surface area contributed by atoms with Crippen LogP contribution in [0.15, 0.2) is 58.1 Å². The van der Waals surface area contributed by atoms with Crippen LogP contribution < -0.4 is 5.43 Å². The number of benzene rings is 2. The highest BCUT2D eigenvalue weighted by Crippen LogP contribution is 2.10. The Morgan fingerprint density at radius 1 is 1.15 bits per heavy atom. The summed E-state index contributed by atoms with van der Waals surface area (Å²) in [6.45, 7) is 0. The van der Waals surface area contributed by atoms with E-state index in [2.05, 4.69) is 26.5 Å². The van der Waals surface area contributed by atoms with Gasteiger partial charge < -0.3 is 0 Å². The number of nitrogens with one attached hydrogen (secondary N) is 1. The Morgan fingerprint density at radius 2 is 1.80 bits per heavy atom. The third-order valence-corrected chi connectivity index (χ3v) is 3.33. The molecule has 102 valence electrons. The second kappa shape index (κ2) is 7.22. The number of amides is 1. The molecule has 1 amide bonds. The Kier molecular flexibility index (Phi) is 5.32. The van der Waals surface area contributed by atoms with Crippen LogP contribution in [-0.4, -0.2) is 12.1 Å². The lowest BCUT2D eigenvalue weighted by Crippen LogP contribution is -2.19. The van der Waals surface area contributed by atoms with E-state index in [9.17, 15) is 4.79 Å². The van der Waals surface area contributed by atoms with Crippen LogP contribution in [0.25, 0.3) is 0 Å². The Hall–Kier alpha value is -1.65. The van der Waals surface area contributed by atoms with Gasteiger partial charge in [0.25, 0.3) is 0 Å². The van der Waals surface area contributed by atoms with Crippen molar-refractivity contribution in [3.63, 3.8) is 0 Å². The Bertz CT molecular complexity index is 609. The highest BCUT2D eigenvalue weighted by Gasteiger charge is 2.01. The Labute approximate surface area is 130 Å². The fourth-order valence-corrected chi connectivity index (χ4v) is 1.95. The highest BCUT2D eigenvalue weighted by atomic mass is 79.9. The van der Waals surface area contributed by atoms with Crippen LogP contribution in [0.3, 0.4) is 0 Å². The quantitative estimate of drug-likeness (QED) is 0.661. The molecule has 0 aliphatic rings. The Morgan fingerprint density at radius 3 is 2.45 bits per heavy atom. The fraction of sp³-hybridized carbons (Fsp3) is 0.0667. The van der Waals surface area contributed by atoms with Crippen molar-refractivity contribution >= 4 is 39.7 Å². The maximum Gasteiger partial charge on any atom is 0.244 e. The molecule has 20 heavy (non-hydrogen) atoms. The average Bonchev–Trinajstić information content (AvgIpc) is 2.44. The minimum atomic E-state index is -0.166. The number of carbonyl (C=O) groups excluding carboxylic acids is 1. The summed E-state index contributed by atoms with van der Waals surface area (Å²) in [7, 11) is 0. The van der Waals surface area contributed by atoms with E-state index in [4.69, 9.17) is 11.6 Å². The van der Waals surface area contributed by atoms with Crippen LogP contribution in [0.4, 0.5) is 0 Å². The number of hydrazone groups is 1. The summed E-state index contributed by atoms with van der Waals surface area (Å²) >= 11 is 9.14. The van der Waals surface area contributed by atoms with Crippen molar-refractivity contribution in [3.05, 3.63) is 69.2 Å². The predicted octanol–water partition coefficient (Wildman–Crippen LogP) is 3.80. The van der Waals surface area contributed by atoms with E-state index in [0.29, 0.717) is 5.02 Å². The van der Waals surface area contributed by atoms with Crippen molar-refractivity contribution in [2.24, 2.45) is 5.10 Å². The van der Waals surface area contributed by atoms with E-state index in [0.717, 1.165) is 15.6 Å². The zero-order chi connectivity index (χ0) is 14.4. The first kappa shape index (κ1) is 14.8. The summed E-state index contributed by atoms with van der Waals surface area (Å²) in [6.07, 6.45) is 1.88. The minimum absolute atomic E-state index is 0.166. The van der Waals surface area contributed by atoms with Gasteiger partial charge in [-0.05, 0) is 35.4 Å². The van der Waals surface area contributed by atoms with Crippen molar-refractivity contribution in [3.8, 4) is 0 Å². The van der Waals surface area contributed by atoms with Gasteiger partial charge in [0.1, 0.15) is 0 Å². The normalized spacial score (nSPS) is 10.7. The van der Waals surface area contributed by atoms with Crippen LogP contribution in [0.5, 0.6) is 0 Å². The summed E-state index contributed by atoms with van der Waals surface area (Å²) in [5.41, 5.74) is 4.31. The maximum atomic E-state index is 11.7. The summed E-state index contributed by atoms with van der Waals surface area (Å²) < 4.78 is 1.00. The number of rotatable bonds is 4. The first-order valence-corrected chi connectivity index (χ1v) is 7.12.